The van der Waals surface area contributed by atoms with E-state index in [1.165, 1.54) is 5.56 Å². The number of nitrogens with one attached hydrogen (secondary N) is 2. The monoisotopic (exact) mass is 394 g/mol. The molecule has 2 N–H and O–H groups in total. The summed E-state index contributed by atoms with van der Waals surface area (Å²) in [7, 11) is 0. The summed E-state index contributed by atoms with van der Waals surface area (Å²) in [5, 5.41) is 6.09. The Morgan fingerprint density at radius 3 is 2.31 bits per heavy atom. The van der Waals surface area contributed by atoms with Crippen LogP contribution in [0.4, 0.5) is 27.5 Å². The molecule has 0 atom stereocenters. The molecule has 0 fully saturated rings. The molecule has 0 spiro atoms. The molecule has 0 aliphatic carbocycles. The number of fused-ring (bicyclic) bond motifs is 1. The smallest absolute Gasteiger partial charge is 0.229 e. The molecule has 150 valence electrons. The Hall–Kier alpha value is -3.35. The largest absolute Gasteiger partial charge is 0.486 e. The molecule has 1 aliphatic rings. The van der Waals surface area contributed by atoms with Gasteiger partial charge in [-0.2, -0.15) is 4.98 Å². The van der Waals surface area contributed by atoms with E-state index in [1.54, 1.807) is 18.2 Å². The Kier molecular flexibility index (Phi) is 4.96. The molecule has 2 heterocycles. The fourth-order valence-electron chi connectivity index (χ4n) is 2.96. The summed E-state index contributed by atoms with van der Waals surface area (Å²) >= 11 is 0. The maximum atomic E-state index is 14.2. The number of nitrogens with zero attached hydrogens (tertiary/aromatic N) is 2. The third-order valence-electron chi connectivity index (χ3n) is 4.56. The molecule has 0 radical (unpaired) electrons. The normalized spacial score (nSPS) is 13.1. The summed E-state index contributed by atoms with van der Waals surface area (Å²) in [5.41, 5.74) is 2.78. The van der Waals surface area contributed by atoms with Gasteiger partial charge < -0.3 is 20.1 Å². The lowest BCUT2D eigenvalue weighted by atomic mass is 9.87. The van der Waals surface area contributed by atoms with Gasteiger partial charge in [0, 0.05) is 17.4 Å². The summed E-state index contributed by atoms with van der Waals surface area (Å²) in [4.78, 5) is 8.30. The van der Waals surface area contributed by atoms with Gasteiger partial charge in [-0.05, 0) is 35.2 Å². The van der Waals surface area contributed by atoms with Crippen molar-refractivity contribution in [2.45, 2.75) is 26.2 Å². The van der Waals surface area contributed by atoms with E-state index in [4.69, 9.17) is 9.47 Å². The van der Waals surface area contributed by atoms with Gasteiger partial charge in [0.05, 0.1) is 6.20 Å². The minimum atomic E-state index is -0.548. The van der Waals surface area contributed by atoms with Crippen LogP contribution < -0.4 is 20.1 Å². The van der Waals surface area contributed by atoms with Crippen LogP contribution in [0.2, 0.25) is 0 Å². The molecule has 1 aromatic heterocycles. The second kappa shape index (κ2) is 7.58. The summed E-state index contributed by atoms with van der Waals surface area (Å²) in [5.74, 6) is 1.12. The number of hydrogen-bond acceptors (Lipinski definition) is 6. The van der Waals surface area contributed by atoms with Crippen molar-refractivity contribution in [2.24, 2.45) is 0 Å². The Morgan fingerprint density at radius 2 is 1.59 bits per heavy atom. The van der Waals surface area contributed by atoms with E-state index in [-0.39, 0.29) is 11.2 Å². The van der Waals surface area contributed by atoms with Gasteiger partial charge in [-0.15, -0.1) is 0 Å². The van der Waals surface area contributed by atoms with Crippen LogP contribution in [0.5, 0.6) is 11.5 Å². The highest BCUT2D eigenvalue weighted by molar-refractivity contribution is 5.63. The zero-order chi connectivity index (χ0) is 20.4. The highest BCUT2D eigenvalue weighted by Gasteiger charge is 2.15. The molecule has 4 rings (SSSR count). The van der Waals surface area contributed by atoms with Crippen LogP contribution in [0.3, 0.4) is 0 Å². The van der Waals surface area contributed by atoms with Crippen molar-refractivity contribution in [3.05, 3.63) is 60.0 Å². The predicted molar refractivity (Wildman–Crippen MR) is 111 cm³/mol. The van der Waals surface area contributed by atoms with Gasteiger partial charge in [0.1, 0.15) is 13.2 Å². The average Bonchev–Trinajstić information content (AvgIpc) is 2.70. The molecule has 29 heavy (non-hydrogen) atoms. The molecule has 7 heteroatoms. The van der Waals surface area contributed by atoms with Crippen molar-refractivity contribution < 1.29 is 13.9 Å². The van der Waals surface area contributed by atoms with Crippen molar-refractivity contribution in [1.29, 1.82) is 0 Å². The first kappa shape index (κ1) is 19.0. The maximum absolute atomic E-state index is 14.2. The van der Waals surface area contributed by atoms with Crippen LogP contribution in [-0.2, 0) is 5.41 Å². The van der Waals surface area contributed by atoms with Crippen LogP contribution in [0.25, 0.3) is 0 Å². The van der Waals surface area contributed by atoms with Crippen LogP contribution in [0, 0.1) is 5.82 Å². The Labute approximate surface area is 169 Å². The first-order valence-electron chi connectivity index (χ1n) is 9.45. The SMILES string of the molecule is CC(C)(C)c1ccc(Nc2ncc(F)c(Nc3ccc4c(c3)OCCO4)n2)cc1. The van der Waals surface area contributed by atoms with Crippen molar-refractivity contribution in [1.82, 2.24) is 9.97 Å². The van der Waals surface area contributed by atoms with E-state index in [0.29, 0.717) is 36.3 Å². The number of anilines is 4. The third-order valence-corrected chi connectivity index (χ3v) is 4.56. The Morgan fingerprint density at radius 1 is 0.897 bits per heavy atom. The number of ether oxygens (including phenoxy) is 2. The van der Waals surface area contributed by atoms with Crippen molar-refractivity contribution in [2.75, 3.05) is 23.8 Å². The van der Waals surface area contributed by atoms with Gasteiger partial charge in [0.25, 0.3) is 0 Å². The van der Waals surface area contributed by atoms with E-state index in [2.05, 4.69) is 53.5 Å². The molecule has 0 saturated heterocycles. The maximum Gasteiger partial charge on any atom is 0.229 e. The third kappa shape index (κ3) is 4.39. The minimum absolute atomic E-state index is 0.0745. The van der Waals surface area contributed by atoms with E-state index < -0.39 is 5.82 Å². The van der Waals surface area contributed by atoms with Gasteiger partial charge >= 0.3 is 0 Å². The highest BCUT2D eigenvalue weighted by Crippen LogP contribution is 2.34. The zero-order valence-electron chi connectivity index (χ0n) is 16.6. The van der Waals surface area contributed by atoms with E-state index in [1.807, 2.05) is 12.1 Å². The summed E-state index contributed by atoms with van der Waals surface area (Å²) in [6, 6.07) is 13.4. The molecule has 1 aliphatic heterocycles. The Balaban J connectivity index is 1.52. The van der Waals surface area contributed by atoms with Crippen molar-refractivity contribution in [3.8, 4) is 11.5 Å². The van der Waals surface area contributed by atoms with E-state index >= 15 is 0 Å². The molecule has 3 aromatic rings. The fraction of sp³-hybridized carbons (Fsp3) is 0.273. The average molecular weight is 394 g/mol. The van der Waals surface area contributed by atoms with E-state index in [0.717, 1.165) is 11.9 Å². The molecule has 2 aromatic carbocycles. The topological polar surface area (TPSA) is 68.3 Å². The lowest BCUT2D eigenvalue weighted by Crippen LogP contribution is -2.15. The van der Waals surface area contributed by atoms with Gasteiger partial charge in [-0.1, -0.05) is 32.9 Å². The van der Waals surface area contributed by atoms with Crippen molar-refractivity contribution >= 4 is 23.1 Å². The van der Waals surface area contributed by atoms with Gasteiger partial charge in [0.2, 0.25) is 5.95 Å². The molecule has 0 saturated carbocycles. The number of halogens is 1. The molecular formula is C22H23FN4O2. The molecule has 6 nitrogen and oxygen atoms in total. The molecule has 0 unspecified atom stereocenters. The highest BCUT2D eigenvalue weighted by atomic mass is 19.1. The quantitative estimate of drug-likeness (QED) is 0.636. The standard InChI is InChI=1S/C22H23FN4O2/c1-22(2,3)14-4-6-15(7-5-14)26-21-24-13-17(23)20(27-21)25-16-8-9-18-19(12-16)29-11-10-28-18/h4-9,12-13H,10-11H2,1-3H3,(H2,24,25,26,27). The summed E-state index contributed by atoms with van der Waals surface area (Å²) in [6.07, 6.45) is 1.14. The van der Waals surface area contributed by atoms with Crippen LogP contribution in [0.15, 0.2) is 48.7 Å². The van der Waals surface area contributed by atoms with Crippen LogP contribution in [-0.4, -0.2) is 23.2 Å². The van der Waals surface area contributed by atoms with Crippen molar-refractivity contribution in [3.63, 3.8) is 0 Å². The number of hydrogen-bond donors (Lipinski definition) is 2. The second-order valence-corrected chi connectivity index (χ2v) is 7.83. The summed E-state index contributed by atoms with van der Waals surface area (Å²) < 4.78 is 25.3. The lowest BCUT2D eigenvalue weighted by Gasteiger charge is -2.19. The zero-order valence-corrected chi connectivity index (χ0v) is 16.6. The van der Waals surface area contributed by atoms with Gasteiger partial charge in [-0.25, -0.2) is 9.37 Å². The molecule has 0 bridgehead atoms. The second-order valence-electron chi connectivity index (χ2n) is 7.83. The first-order valence-corrected chi connectivity index (χ1v) is 9.45. The predicted octanol–water partition coefficient (Wildman–Crippen LogP) is 5.17. The van der Waals surface area contributed by atoms with Gasteiger partial charge in [-0.3, -0.25) is 0 Å². The Bertz CT molecular complexity index is 1020. The van der Waals surface area contributed by atoms with Crippen LogP contribution in [0.1, 0.15) is 26.3 Å². The minimum Gasteiger partial charge on any atom is -0.486 e. The number of aromatic nitrogens is 2. The number of benzene rings is 2. The van der Waals surface area contributed by atoms with E-state index in [9.17, 15) is 4.39 Å². The van der Waals surface area contributed by atoms with Crippen LogP contribution >= 0.6 is 0 Å². The summed E-state index contributed by atoms with van der Waals surface area (Å²) in [6.45, 7) is 7.49. The molecule has 0 amide bonds. The molecular weight excluding hydrogens is 371 g/mol. The fourth-order valence-corrected chi connectivity index (χ4v) is 2.96. The lowest BCUT2D eigenvalue weighted by molar-refractivity contribution is 0.171. The first-order chi connectivity index (χ1) is 13.9. The van der Waals surface area contributed by atoms with Gasteiger partial charge in [0.15, 0.2) is 23.1 Å². The number of rotatable bonds is 4.